The van der Waals surface area contributed by atoms with Crippen molar-refractivity contribution in [1.82, 2.24) is 5.32 Å². The number of nitrogens with one attached hydrogen (secondary N) is 2. The van der Waals surface area contributed by atoms with Crippen LogP contribution in [0.4, 0.5) is 5.69 Å². The molecule has 1 amide bonds. The Bertz CT molecular complexity index is 1210. The third kappa shape index (κ3) is 6.90. The van der Waals surface area contributed by atoms with Crippen LogP contribution in [0.3, 0.4) is 0 Å². The van der Waals surface area contributed by atoms with Gasteiger partial charge in [0, 0.05) is 9.92 Å². The molecule has 3 rings (SSSR count). The summed E-state index contributed by atoms with van der Waals surface area (Å²) < 4.78 is 33.2. The van der Waals surface area contributed by atoms with Gasteiger partial charge in [-0.1, -0.05) is 29.8 Å². The molecule has 0 aromatic heterocycles. The fourth-order valence-corrected chi connectivity index (χ4v) is 4.63. The van der Waals surface area contributed by atoms with Gasteiger partial charge in [-0.05, 0) is 79.8 Å². The summed E-state index contributed by atoms with van der Waals surface area (Å²) in [5.74, 6) is 0.116. The Labute approximate surface area is 203 Å². The number of carbonyl (C=O) groups is 1. The predicted molar refractivity (Wildman–Crippen MR) is 134 cm³/mol. The minimum absolute atomic E-state index is 0.0679. The van der Waals surface area contributed by atoms with E-state index in [0.717, 1.165) is 16.0 Å². The van der Waals surface area contributed by atoms with Crippen LogP contribution in [0.2, 0.25) is 5.02 Å². The van der Waals surface area contributed by atoms with E-state index in [4.69, 9.17) is 16.3 Å². The van der Waals surface area contributed by atoms with Crippen molar-refractivity contribution in [3.05, 3.63) is 82.9 Å². The quantitative estimate of drug-likeness (QED) is 0.380. The molecule has 6 nitrogen and oxygen atoms in total. The van der Waals surface area contributed by atoms with Crippen molar-refractivity contribution in [2.24, 2.45) is 0 Å². The van der Waals surface area contributed by atoms with Crippen LogP contribution in [0, 0.1) is 6.92 Å². The second-order valence-electron chi connectivity index (χ2n) is 7.39. The summed E-state index contributed by atoms with van der Waals surface area (Å²) in [6, 6.07) is 18.6. The smallest absolute Gasteiger partial charge is 0.261 e. The Kier molecular flexibility index (Phi) is 8.29. The van der Waals surface area contributed by atoms with Crippen molar-refractivity contribution in [2.45, 2.75) is 29.7 Å². The highest BCUT2D eigenvalue weighted by Gasteiger charge is 2.15. The molecule has 0 saturated carbocycles. The predicted octanol–water partition coefficient (Wildman–Crippen LogP) is 5.43. The average molecular weight is 505 g/mol. The molecule has 0 radical (unpaired) electrons. The molecule has 0 heterocycles. The number of thioether (sulfide) groups is 1. The fraction of sp³-hybridized carbons (Fsp3) is 0.208. The number of halogens is 1. The van der Waals surface area contributed by atoms with E-state index in [0.29, 0.717) is 16.5 Å². The summed E-state index contributed by atoms with van der Waals surface area (Å²) >= 11 is 7.72. The molecule has 0 spiro atoms. The lowest BCUT2D eigenvalue weighted by atomic mass is 10.1. The summed E-state index contributed by atoms with van der Waals surface area (Å²) in [5.41, 5.74) is 2.23. The lowest BCUT2D eigenvalue weighted by molar-refractivity contribution is -0.123. The molecule has 0 aliphatic carbocycles. The second-order valence-corrected chi connectivity index (χ2v) is 10.4. The van der Waals surface area contributed by atoms with Gasteiger partial charge in [-0.3, -0.25) is 9.52 Å². The SMILES string of the molecule is CSc1ccc(C(C)NC(=O)COc2ccc(S(=O)(=O)Nc3ccc(C)c(Cl)c3)cc2)cc1. The third-order valence-corrected chi connectivity index (χ3v) is 7.47. The van der Waals surface area contributed by atoms with Crippen LogP contribution >= 0.6 is 23.4 Å². The fourth-order valence-electron chi connectivity index (χ4n) is 2.99. The number of sulfonamides is 1. The van der Waals surface area contributed by atoms with E-state index in [1.807, 2.05) is 44.4 Å². The topological polar surface area (TPSA) is 84.5 Å². The first kappa shape index (κ1) is 25.0. The zero-order valence-electron chi connectivity index (χ0n) is 18.5. The largest absolute Gasteiger partial charge is 0.484 e. The molecule has 0 saturated heterocycles. The first-order valence-corrected chi connectivity index (χ1v) is 13.2. The van der Waals surface area contributed by atoms with Crippen LogP contribution in [0.15, 0.2) is 76.5 Å². The minimum atomic E-state index is -3.79. The van der Waals surface area contributed by atoms with E-state index in [9.17, 15) is 13.2 Å². The Morgan fingerprint density at radius 2 is 1.73 bits per heavy atom. The number of benzene rings is 3. The summed E-state index contributed by atoms with van der Waals surface area (Å²) in [7, 11) is -3.79. The number of hydrogen-bond donors (Lipinski definition) is 2. The molecule has 3 aromatic carbocycles. The molecule has 174 valence electrons. The molecule has 3 aromatic rings. The monoisotopic (exact) mass is 504 g/mol. The Hall–Kier alpha value is -2.68. The molecule has 0 fully saturated rings. The standard InChI is InChI=1S/C24H25ClN2O4S2/c1-16-4-7-19(14-23(16)25)27-33(29,30)22-12-8-20(9-13-22)31-15-24(28)26-17(2)18-5-10-21(32-3)11-6-18/h4-14,17,27H,15H2,1-3H3,(H,26,28). The van der Waals surface area contributed by atoms with Crippen molar-refractivity contribution in [2.75, 3.05) is 17.6 Å². The van der Waals surface area contributed by atoms with Crippen molar-refractivity contribution in [3.63, 3.8) is 0 Å². The first-order chi connectivity index (χ1) is 15.7. The summed E-state index contributed by atoms with van der Waals surface area (Å²) in [4.78, 5) is 13.5. The number of carbonyl (C=O) groups excluding carboxylic acids is 1. The first-order valence-electron chi connectivity index (χ1n) is 10.1. The van der Waals surface area contributed by atoms with Gasteiger partial charge in [0.05, 0.1) is 16.6 Å². The average Bonchev–Trinajstić information content (AvgIpc) is 2.80. The number of ether oxygens (including phenoxy) is 1. The molecular weight excluding hydrogens is 480 g/mol. The van der Waals surface area contributed by atoms with Crippen LogP contribution in [-0.2, 0) is 14.8 Å². The molecule has 1 unspecified atom stereocenters. The summed E-state index contributed by atoms with van der Waals surface area (Å²) in [6.07, 6.45) is 2.01. The Morgan fingerprint density at radius 1 is 1.06 bits per heavy atom. The lowest BCUT2D eigenvalue weighted by Gasteiger charge is -2.15. The van der Waals surface area contributed by atoms with Crippen LogP contribution in [0.1, 0.15) is 24.1 Å². The molecule has 0 bridgehead atoms. The van der Waals surface area contributed by atoms with Gasteiger partial charge in [0.1, 0.15) is 5.75 Å². The van der Waals surface area contributed by atoms with Crippen LogP contribution in [-0.4, -0.2) is 27.2 Å². The summed E-state index contributed by atoms with van der Waals surface area (Å²) in [5, 5.41) is 3.36. The third-order valence-electron chi connectivity index (χ3n) is 4.92. The van der Waals surface area contributed by atoms with Gasteiger partial charge in [-0.2, -0.15) is 0 Å². The van der Waals surface area contributed by atoms with Gasteiger partial charge in [0.2, 0.25) is 0 Å². The van der Waals surface area contributed by atoms with Gasteiger partial charge < -0.3 is 10.1 Å². The van der Waals surface area contributed by atoms with Crippen molar-refractivity contribution in [3.8, 4) is 5.75 Å². The highest BCUT2D eigenvalue weighted by Crippen LogP contribution is 2.24. The van der Waals surface area contributed by atoms with E-state index in [1.54, 1.807) is 30.0 Å². The van der Waals surface area contributed by atoms with Gasteiger partial charge in [0.25, 0.3) is 15.9 Å². The second kappa shape index (κ2) is 11.0. The number of anilines is 1. The van der Waals surface area contributed by atoms with E-state index >= 15 is 0 Å². The van der Waals surface area contributed by atoms with Crippen LogP contribution in [0.25, 0.3) is 0 Å². The van der Waals surface area contributed by atoms with Crippen LogP contribution < -0.4 is 14.8 Å². The van der Waals surface area contributed by atoms with E-state index in [2.05, 4.69) is 10.0 Å². The van der Waals surface area contributed by atoms with E-state index < -0.39 is 10.0 Å². The maximum absolute atomic E-state index is 12.6. The zero-order valence-corrected chi connectivity index (χ0v) is 20.9. The molecule has 0 aliphatic rings. The molecule has 0 aliphatic heterocycles. The normalized spacial score (nSPS) is 12.1. The van der Waals surface area contributed by atoms with E-state index in [1.165, 1.54) is 24.3 Å². The van der Waals surface area contributed by atoms with Gasteiger partial charge in [-0.25, -0.2) is 8.42 Å². The maximum Gasteiger partial charge on any atom is 0.261 e. The van der Waals surface area contributed by atoms with Gasteiger partial charge in [-0.15, -0.1) is 11.8 Å². The highest BCUT2D eigenvalue weighted by molar-refractivity contribution is 7.98. The minimum Gasteiger partial charge on any atom is -0.484 e. The number of rotatable bonds is 9. The Balaban J connectivity index is 1.55. The maximum atomic E-state index is 12.6. The van der Waals surface area contributed by atoms with Crippen molar-refractivity contribution < 1.29 is 17.9 Å². The van der Waals surface area contributed by atoms with Gasteiger partial charge >= 0.3 is 0 Å². The van der Waals surface area contributed by atoms with Gasteiger partial charge in [0.15, 0.2) is 6.61 Å². The lowest BCUT2D eigenvalue weighted by Crippen LogP contribution is -2.31. The number of aryl methyl sites for hydroxylation is 1. The molecule has 1 atom stereocenters. The summed E-state index contributed by atoms with van der Waals surface area (Å²) in [6.45, 7) is 3.56. The number of amides is 1. The Morgan fingerprint density at radius 3 is 2.33 bits per heavy atom. The van der Waals surface area contributed by atoms with E-state index in [-0.39, 0.29) is 23.5 Å². The molecule has 2 N–H and O–H groups in total. The molecular formula is C24H25ClN2O4S2. The molecule has 9 heteroatoms. The van der Waals surface area contributed by atoms with Crippen LogP contribution in [0.5, 0.6) is 5.75 Å². The van der Waals surface area contributed by atoms with Crippen molar-refractivity contribution in [1.29, 1.82) is 0 Å². The molecule has 33 heavy (non-hydrogen) atoms. The van der Waals surface area contributed by atoms with Crippen molar-refractivity contribution >= 4 is 45.0 Å². The zero-order chi connectivity index (χ0) is 24.0. The number of hydrogen-bond acceptors (Lipinski definition) is 5. The highest BCUT2D eigenvalue weighted by atomic mass is 35.5.